The van der Waals surface area contributed by atoms with Gasteiger partial charge in [0.1, 0.15) is 10.6 Å². The van der Waals surface area contributed by atoms with Crippen LogP contribution in [-0.2, 0) is 13.8 Å². The molecule has 1 amide bonds. The molecule has 1 aliphatic rings. The molecule has 1 fully saturated rings. The van der Waals surface area contributed by atoms with Crippen molar-refractivity contribution in [3.05, 3.63) is 22.7 Å². The molecular formula is C12H13BrClNO4S. The van der Waals surface area contributed by atoms with E-state index in [0.29, 0.717) is 10.5 Å². The van der Waals surface area contributed by atoms with Gasteiger partial charge in [-0.25, -0.2) is 8.42 Å². The first kappa shape index (κ1) is 15.6. The van der Waals surface area contributed by atoms with Gasteiger partial charge in [0.25, 0.3) is 9.05 Å². The second kappa shape index (κ2) is 6.32. The molecule has 2 rings (SSSR count). The first-order chi connectivity index (χ1) is 9.36. The molecule has 8 heteroatoms. The number of halogens is 2. The number of hydrogen-bond donors (Lipinski definition) is 1. The van der Waals surface area contributed by atoms with Crippen molar-refractivity contribution in [1.29, 1.82) is 0 Å². The third kappa shape index (κ3) is 4.64. The third-order valence-corrected chi connectivity index (χ3v) is 4.53. The molecule has 0 radical (unpaired) electrons. The van der Waals surface area contributed by atoms with Gasteiger partial charge in [-0.2, -0.15) is 0 Å². The molecular weight excluding hydrogens is 370 g/mol. The van der Waals surface area contributed by atoms with Gasteiger partial charge in [-0.1, -0.05) is 15.9 Å². The quantitative estimate of drug-likeness (QED) is 0.767. The van der Waals surface area contributed by atoms with Gasteiger partial charge in [0, 0.05) is 21.2 Å². The summed E-state index contributed by atoms with van der Waals surface area (Å²) in [6.45, 7) is 0.0968. The van der Waals surface area contributed by atoms with E-state index in [9.17, 15) is 13.2 Å². The van der Waals surface area contributed by atoms with E-state index in [1.807, 2.05) is 0 Å². The predicted molar refractivity (Wildman–Crippen MR) is 78.5 cm³/mol. The first-order valence-corrected chi connectivity index (χ1v) is 9.13. The fraction of sp³-hybridized carbons (Fsp3) is 0.417. The van der Waals surface area contributed by atoms with Crippen LogP contribution in [0.4, 0.5) is 0 Å². The van der Waals surface area contributed by atoms with Crippen LogP contribution in [0.15, 0.2) is 27.6 Å². The van der Waals surface area contributed by atoms with E-state index in [2.05, 4.69) is 21.2 Å². The van der Waals surface area contributed by atoms with Crippen LogP contribution in [0, 0.1) is 0 Å². The van der Waals surface area contributed by atoms with Crippen LogP contribution in [0.3, 0.4) is 0 Å². The van der Waals surface area contributed by atoms with Gasteiger partial charge in [-0.3, -0.25) is 4.79 Å². The lowest BCUT2D eigenvalue weighted by Gasteiger charge is -2.10. The molecule has 0 bridgehead atoms. The van der Waals surface area contributed by atoms with Gasteiger partial charge < -0.3 is 10.1 Å². The summed E-state index contributed by atoms with van der Waals surface area (Å²) >= 11 is 3.17. The Kier molecular flexibility index (Phi) is 4.93. The predicted octanol–water partition coefficient (Wildman–Crippen LogP) is 2.42. The number of carbonyl (C=O) groups is 1. The maximum Gasteiger partial charge on any atom is 0.265 e. The molecule has 5 nitrogen and oxygen atoms in total. The Bertz CT molecular complexity index is 616. The van der Waals surface area contributed by atoms with Gasteiger partial charge in [0.05, 0.1) is 13.0 Å². The van der Waals surface area contributed by atoms with Crippen molar-refractivity contribution in [3.8, 4) is 5.75 Å². The lowest BCUT2D eigenvalue weighted by molar-refractivity contribution is -0.121. The van der Waals surface area contributed by atoms with Crippen LogP contribution in [0.5, 0.6) is 5.75 Å². The van der Waals surface area contributed by atoms with E-state index in [1.54, 1.807) is 6.07 Å². The number of amides is 1. The summed E-state index contributed by atoms with van der Waals surface area (Å²) in [7, 11) is 1.45. The Hall–Kier alpha value is -0.790. The van der Waals surface area contributed by atoms with Crippen molar-refractivity contribution in [2.75, 3.05) is 6.61 Å². The van der Waals surface area contributed by atoms with Gasteiger partial charge in [-0.05, 0) is 31.0 Å². The maximum atomic E-state index is 11.5. The molecule has 110 valence electrons. The van der Waals surface area contributed by atoms with E-state index in [1.165, 1.54) is 12.1 Å². The van der Waals surface area contributed by atoms with Gasteiger partial charge in [-0.15, -0.1) is 0 Å². The van der Waals surface area contributed by atoms with Crippen molar-refractivity contribution in [1.82, 2.24) is 5.32 Å². The molecule has 0 unspecified atom stereocenters. The summed E-state index contributed by atoms with van der Waals surface area (Å²) in [4.78, 5) is 11.4. The minimum atomic E-state index is -3.90. The summed E-state index contributed by atoms with van der Waals surface area (Å²) in [5, 5.41) is 2.82. The number of hydrogen-bond acceptors (Lipinski definition) is 4. The average Bonchev–Trinajstić information content (AvgIpc) is 3.13. The second-order valence-electron chi connectivity index (χ2n) is 4.47. The molecule has 1 aromatic carbocycles. The standard InChI is InChI=1S/C12H13BrClNO4S/c13-8-1-4-10(11(7-8)20(14,17)18)19-6-5-12(16)15-9-2-3-9/h1,4,7,9H,2-3,5-6H2,(H,15,16). The number of ether oxygens (including phenoxy) is 1. The molecule has 0 saturated heterocycles. The van der Waals surface area contributed by atoms with E-state index in [0.717, 1.165) is 12.8 Å². The van der Waals surface area contributed by atoms with Crippen LogP contribution in [0.2, 0.25) is 0 Å². The highest BCUT2D eigenvalue weighted by atomic mass is 79.9. The summed E-state index contributed by atoms with van der Waals surface area (Å²) in [6.07, 6.45) is 2.22. The van der Waals surface area contributed by atoms with Crippen LogP contribution < -0.4 is 10.1 Å². The summed E-state index contributed by atoms with van der Waals surface area (Å²) < 4.78 is 28.8. The summed E-state index contributed by atoms with van der Waals surface area (Å²) in [5.74, 6) is 0.0438. The van der Waals surface area contributed by atoms with E-state index >= 15 is 0 Å². The Balaban J connectivity index is 1.96. The van der Waals surface area contributed by atoms with Crippen molar-refractivity contribution >= 4 is 41.6 Å². The Labute approximate surface area is 130 Å². The molecule has 20 heavy (non-hydrogen) atoms. The van der Waals surface area contributed by atoms with Crippen molar-refractivity contribution in [2.45, 2.75) is 30.2 Å². The number of benzene rings is 1. The molecule has 1 aliphatic carbocycles. The zero-order valence-electron chi connectivity index (χ0n) is 10.4. The van der Waals surface area contributed by atoms with E-state index in [4.69, 9.17) is 15.4 Å². The highest BCUT2D eigenvalue weighted by molar-refractivity contribution is 9.10. The molecule has 1 N–H and O–H groups in total. The minimum absolute atomic E-state index is 0.0968. The highest BCUT2D eigenvalue weighted by Crippen LogP contribution is 2.30. The largest absolute Gasteiger partial charge is 0.492 e. The maximum absolute atomic E-state index is 11.5. The summed E-state index contributed by atoms with van der Waals surface area (Å²) in [5.41, 5.74) is 0. The van der Waals surface area contributed by atoms with Gasteiger partial charge in [0.15, 0.2) is 0 Å². The van der Waals surface area contributed by atoms with Crippen molar-refractivity contribution < 1.29 is 17.9 Å². The van der Waals surface area contributed by atoms with Crippen LogP contribution in [0.1, 0.15) is 19.3 Å². The molecule has 0 aliphatic heterocycles. The van der Waals surface area contributed by atoms with Gasteiger partial charge >= 0.3 is 0 Å². The van der Waals surface area contributed by atoms with Crippen LogP contribution in [0.25, 0.3) is 0 Å². The smallest absolute Gasteiger partial charge is 0.265 e. The number of carbonyl (C=O) groups excluding carboxylic acids is 1. The Morgan fingerprint density at radius 2 is 2.15 bits per heavy atom. The molecule has 0 atom stereocenters. The Morgan fingerprint density at radius 3 is 2.75 bits per heavy atom. The van der Waals surface area contributed by atoms with Crippen LogP contribution >= 0.6 is 26.6 Å². The SMILES string of the molecule is O=C(CCOc1ccc(Br)cc1S(=O)(=O)Cl)NC1CC1. The normalized spacial score (nSPS) is 14.9. The van der Waals surface area contributed by atoms with E-state index in [-0.39, 0.29) is 29.6 Å². The summed E-state index contributed by atoms with van der Waals surface area (Å²) in [6, 6.07) is 4.81. The van der Waals surface area contributed by atoms with Crippen LogP contribution in [-0.4, -0.2) is 27.0 Å². The first-order valence-electron chi connectivity index (χ1n) is 6.02. The second-order valence-corrected chi connectivity index (χ2v) is 7.92. The topological polar surface area (TPSA) is 72.5 Å². The molecule has 1 saturated carbocycles. The van der Waals surface area contributed by atoms with Gasteiger partial charge in [0.2, 0.25) is 5.91 Å². The molecule has 0 heterocycles. The van der Waals surface area contributed by atoms with Crippen molar-refractivity contribution in [2.24, 2.45) is 0 Å². The lowest BCUT2D eigenvalue weighted by atomic mass is 10.3. The van der Waals surface area contributed by atoms with Crippen molar-refractivity contribution in [3.63, 3.8) is 0 Å². The number of nitrogens with one attached hydrogen (secondary N) is 1. The Morgan fingerprint density at radius 1 is 1.45 bits per heavy atom. The molecule has 0 spiro atoms. The van der Waals surface area contributed by atoms with E-state index < -0.39 is 9.05 Å². The lowest BCUT2D eigenvalue weighted by Crippen LogP contribution is -2.26. The minimum Gasteiger partial charge on any atom is -0.492 e. The monoisotopic (exact) mass is 381 g/mol. The highest BCUT2D eigenvalue weighted by Gasteiger charge is 2.23. The fourth-order valence-electron chi connectivity index (χ4n) is 1.57. The molecule has 0 aromatic heterocycles. The fourth-order valence-corrected chi connectivity index (χ4v) is 3.08. The third-order valence-electron chi connectivity index (χ3n) is 2.70. The average molecular weight is 383 g/mol. The molecule has 1 aromatic rings. The zero-order chi connectivity index (χ0) is 14.8. The zero-order valence-corrected chi connectivity index (χ0v) is 13.6. The number of rotatable bonds is 6.